The SMILES string of the molecule is CCNC(=O)C(C)N(Cc1ccc(F)cc1)C(=O)CN(c1ccc(F)cc1)S(=O)(=O)c1ccccc1. The maximum atomic E-state index is 13.6. The number of hydrogen-bond acceptors (Lipinski definition) is 4. The molecule has 0 radical (unpaired) electrons. The lowest BCUT2D eigenvalue weighted by Crippen LogP contribution is -2.51. The predicted octanol–water partition coefficient (Wildman–Crippen LogP) is 3.71. The van der Waals surface area contributed by atoms with E-state index in [2.05, 4.69) is 5.32 Å². The molecule has 0 aliphatic heterocycles. The molecule has 3 aromatic rings. The molecule has 1 N–H and O–H groups in total. The molecule has 0 saturated heterocycles. The van der Waals surface area contributed by atoms with Crippen molar-refractivity contribution in [3.63, 3.8) is 0 Å². The quantitative estimate of drug-likeness (QED) is 0.446. The number of halogens is 2. The number of nitrogens with one attached hydrogen (secondary N) is 1. The molecule has 0 fully saturated rings. The second-order valence-corrected chi connectivity index (χ2v) is 9.88. The standard InChI is InChI=1S/C26H27F2N3O4S/c1-3-29-26(33)19(2)30(17-20-9-11-21(27)12-10-20)25(32)18-31(23-15-13-22(28)14-16-23)36(34,35)24-7-5-4-6-8-24/h4-16,19H,3,17-18H2,1-2H3,(H,29,33). The lowest BCUT2D eigenvalue weighted by molar-refractivity contribution is -0.139. The number of hydrogen-bond donors (Lipinski definition) is 1. The van der Waals surface area contributed by atoms with Crippen LogP contribution in [0.5, 0.6) is 0 Å². The summed E-state index contributed by atoms with van der Waals surface area (Å²) in [6.07, 6.45) is 0. The third-order valence-electron chi connectivity index (χ3n) is 5.51. The van der Waals surface area contributed by atoms with E-state index < -0.39 is 46.1 Å². The highest BCUT2D eigenvalue weighted by Crippen LogP contribution is 2.25. The number of carbonyl (C=O) groups excluding carboxylic acids is 2. The summed E-state index contributed by atoms with van der Waals surface area (Å²) in [4.78, 5) is 27.4. The highest BCUT2D eigenvalue weighted by atomic mass is 32.2. The summed E-state index contributed by atoms with van der Waals surface area (Å²) in [7, 11) is -4.22. The number of carbonyl (C=O) groups is 2. The minimum absolute atomic E-state index is 0.0519. The van der Waals surface area contributed by atoms with Gasteiger partial charge in [-0.2, -0.15) is 0 Å². The first kappa shape index (κ1) is 26.8. The summed E-state index contributed by atoms with van der Waals surface area (Å²) in [5.74, 6) is -2.11. The largest absolute Gasteiger partial charge is 0.355 e. The second-order valence-electron chi connectivity index (χ2n) is 8.02. The number of amides is 2. The molecule has 0 aliphatic rings. The first-order valence-corrected chi connectivity index (χ1v) is 12.7. The van der Waals surface area contributed by atoms with Gasteiger partial charge in [0.15, 0.2) is 0 Å². The molecule has 1 unspecified atom stereocenters. The van der Waals surface area contributed by atoms with E-state index >= 15 is 0 Å². The Bertz CT molecular complexity index is 1290. The number of rotatable bonds is 10. The van der Waals surface area contributed by atoms with Gasteiger partial charge in [0.05, 0.1) is 10.6 Å². The van der Waals surface area contributed by atoms with Crippen LogP contribution in [0.2, 0.25) is 0 Å². The van der Waals surface area contributed by atoms with E-state index in [1.807, 2.05) is 0 Å². The maximum Gasteiger partial charge on any atom is 0.264 e. The molecule has 0 bridgehead atoms. The van der Waals surface area contributed by atoms with Crippen LogP contribution < -0.4 is 9.62 Å². The van der Waals surface area contributed by atoms with Crippen LogP contribution in [-0.4, -0.2) is 44.3 Å². The van der Waals surface area contributed by atoms with Crippen LogP contribution in [0.15, 0.2) is 83.8 Å². The molecule has 0 heterocycles. The fourth-order valence-corrected chi connectivity index (χ4v) is 4.98. The van der Waals surface area contributed by atoms with Gasteiger partial charge in [0, 0.05) is 13.1 Å². The van der Waals surface area contributed by atoms with Gasteiger partial charge in [-0.3, -0.25) is 13.9 Å². The van der Waals surface area contributed by atoms with Crippen molar-refractivity contribution in [3.8, 4) is 0 Å². The molecule has 190 valence electrons. The normalized spacial score (nSPS) is 12.0. The van der Waals surface area contributed by atoms with Crippen molar-refractivity contribution in [2.75, 3.05) is 17.4 Å². The molecule has 1 atom stereocenters. The van der Waals surface area contributed by atoms with Crippen molar-refractivity contribution in [2.45, 2.75) is 31.3 Å². The second kappa shape index (κ2) is 11.8. The zero-order valence-electron chi connectivity index (χ0n) is 19.9. The number of anilines is 1. The minimum atomic E-state index is -4.22. The molecular formula is C26H27F2N3O4S. The summed E-state index contributed by atoms with van der Waals surface area (Å²) in [6.45, 7) is 2.90. The first-order valence-electron chi connectivity index (χ1n) is 11.3. The topological polar surface area (TPSA) is 86.8 Å². The van der Waals surface area contributed by atoms with Crippen LogP contribution in [0.1, 0.15) is 19.4 Å². The minimum Gasteiger partial charge on any atom is -0.355 e. The Hall–Kier alpha value is -3.79. The zero-order valence-corrected chi connectivity index (χ0v) is 20.7. The van der Waals surface area contributed by atoms with Gasteiger partial charge in [0.1, 0.15) is 24.2 Å². The average molecular weight is 516 g/mol. The van der Waals surface area contributed by atoms with Crippen LogP contribution >= 0.6 is 0 Å². The Balaban J connectivity index is 2.00. The number of likely N-dealkylation sites (N-methyl/N-ethyl adjacent to an activating group) is 1. The van der Waals surface area contributed by atoms with Gasteiger partial charge >= 0.3 is 0 Å². The van der Waals surface area contributed by atoms with Gasteiger partial charge < -0.3 is 10.2 Å². The van der Waals surface area contributed by atoms with Crippen molar-refractivity contribution < 1.29 is 26.8 Å². The Kier molecular flexibility index (Phi) is 8.76. The van der Waals surface area contributed by atoms with Gasteiger partial charge in [-0.15, -0.1) is 0 Å². The summed E-state index contributed by atoms with van der Waals surface area (Å²) in [5.41, 5.74) is 0.640. The Labute approximate surface area is 209 Å². The van der Waals surface area contributed by atoms with Crippen molar-refractivity contribution in [1.82, 2.24) is 10.2 Å². The van der Waals surface area contributed by atoms with Crippen LogP contribution in [0.4, 0.5) is 14.5 Å². The summed E-state index contributed by atoms with van der Waals surface area (Å²) >= 11 is 0. The molecule has 0 aromatic heterocycles. The average Bonchev–Trinajstić information content (AvgIpc) is 2.87. The highest BCUT2D eigenvalue weighted by Gasteiger charge is 2.32. The fourth-order valence-electron chi connectivity index (χ4n) is 3.55. The third-order valence-corrected chi connectivity index (χ3v) is 7.30. The van der Waals surface area contributed by atoms with Crippen molar-refractivity contribution in [1.29, 1.82) is 0 Å². The fraction of sp³-hybridized carbons (Fsp3) is 0.231. The Morgan fingerprint density at radius 2 is 1.44 bits per heavy atom. The lowest BCUT2D eigenvalue weighted by Gasteiger charge is -2.32. The van der Waals surface area contributed by atoms with Gasteiger partial charge in [-0.1, -0.05) is 30.3 Å². The van der Waals surface area contributed by atoms with Gasteiger partial charge in [0.2, 0.25) is 11.8 Å². The van der Waals surface area contributed by atoms with Crippen LogP contribution in [0.3, 0.4) is 0 Å². The van der Waals surface area contributed by atoms with E-state index in [0.29, 0.717) is 12.1 Å². The lowest BCUT2D eigenvalue weighted by atomic mass is 10.1. The molecule has 3 rings (SSSR count). The van der Waals surface area contributed by atoms with E-state index in [0.717, 1.165) is 16.4 Å². The molecule has 36 heavy (non-hydrogen) atoms. The molecule has 3 aromatic carbocycles. The van der Waals surface area contributed by atoms with Crippen LogP contribution in [0.25, 0.3) is 0 Å². The molecule has 2 amide bonds. The van der Waals surface area contributed by atoms with Crippen molar-refractivity contribution >= 4 is 27.5 Å². The third kappa shape index (κ3) is 6.45. The Morgan fingerprint density at radius 1 is 0.889 bits per heavy atom. The molecule has 0 aliphatic carbocycles. The highest BCUT2D eigenvalue weighted by molar-refractivity contribution is 7.92. The maximum absolute atomic E-state index is 13.6. The molecule has 0 saturated carbocycles. The van der Waals surface area contributed by atoms with Crippen molar-refractivity contribution in [3.05, 3.63) is 96.1 Å². The number of nitrogens with zero attached hydrogens (tertiary/aromatic N) is 2. The number of benzene rings is 3. The van der Waals surface area contributed by atoms with E-state index in [4.69, 9.17) is 0 Å². The summed E-state index contributed by atoms with van der Waals surface area (Å²) in [6, 6.07) is 16.8. The summed E-state index contributed by atoms with van der Waals surface area (Å²) < 4.78 is 54.9. The molecule has 0 spiro atoms. The smallest absolute Gasteiger partial charge is 0.264 e. The number of sulfonamides is 1. The van der Waals surface area contributed by atoms with Gasteiger partial charge in [-0.25, -0.2) is 17.2 Å². The zero-order chi connectivity index (χ0) is 26.3. The first-order chi connectivity index (χ1) is 17.1. The van der Waals surface area contributed by atoms with Crippen LogP contribution in [0, 0.1) is 11.6 Å². The molecule has 7 nitrogen and oxygen atoms in total. The van der Waals surface area contributed by atoms with E-state index in [1.165, 1.54) is 60.4 Å². The van der Waals surface area contributed by atoms with Gasteiger partial charge in [0.25, 0.3) is 10.0 Å². The molecular weight excluding hydrogens is 488 g/mol. The van der Waals surface area contributed by atoms with Gasteiger partial charge in [-0.05, 0) is 67.9 Å². The van der Waals surface area contributed by atoms with Crippen LogP contribution in [-0.2, 0) is 26.2 Å². The van der Waals surface area contributed by atoms with E-state index in [9.17, 15) is 26.8 Å². The van der Waals surface area contributed by atoms with Crippen molar-refractivity contribution in [2.24, 2.45) is 0 Å². The van der Waals surface area contributed by atoms with E-state index in [1.54, 1.807) is 25.1 Å². The van der Waals surface area contributed by atoms with E-state index in [-0.39, 0.29) is 17.1 Å². The predicted molar refractivity (Wildman–Crippen MR) is 132 cm³/mol. The Morgan fingerprint density at radius 3 is 2.00 bits per heavy atom. The summed E-state index contributed by atoms with van der Waals surface area (Å²) in [5, 5.41) is 2.66. The molecule has 10 heteroatoms. The monoisotopic (exact) mass is 515 g/mol.